The van der Waals surface area contributed by atoms with E-state index in [0.29, 0.717) is 5.69 Å². The van der Waals surface area contributed by atoms with Crippen LogP contribution < -0.4 is 9.62 Å². The molecule has 0 saturated heterocycles. The summed E-state index contributed by atoms with van der Waals surface area (Å²) in [5.74, 6) is -0.367. The molecular formula is C20H26N2O3S. The van der Waals surface area contributed by atoms with Gasteiger partial charge in [-0.25, -0.2) is 8.42 Å². The minimum Gasteiger partial charge on any atom is -0.324 e. The summed E-state index contributed by atoms with van der Waals surface area (Å²) in [4.78, 5) is 12.9. The Morgan fingerprint density at radius 2 is 1.58 bits per heavy atom. The third-order valence-electron chi connectivity index (χ3n) is 4.42. The first-order valence-electron chi connectivity index (χ1n) is 8.46. The van der Waals surface area contributed by atoms with Crippen molar-refractivity contribution in [2.45, 2.75) is 40.7 Å². The molecule has 0 unspecified atom stereocenters. The van der Waals surface area contributed by atoms with Crippen LogP contribution in [0.2, 0.25) is 0 Å². The maximum absolute atomic E-state index is 12.9. The van der Waals surface area contributed by atoms with Gasteiger partial charge < -0.3 is 5.32 Å². The smallest absolute Gasteiger partial charge is 0.248 e. The lowest BCUT2D eigenvalue weighted by Crippen LogP contribution is -2.45. The summed E-state index contributed by atoms with van der Waals surface area (Å²) in [5.41, 5.74) is 4.84. The van der Waals surface area contributed by atoms with Crippen LogP contribution in [0.1, 0.15) is 29.2 Å². The van der Waals surface area contributed by atoms with Gasteiger partial charge in [0.2, 0.25) is 15.9 Å². The number of nitrogens with one attached hydrogen (secondary N) is 1. The van der Waals surface area contributed by atoms with Crippen molar-refractivity contribution in [3.63, 3.8) is 0 Å². The van der Waals surface area contributed by atoms with Crippen molar-refractivity contribution in [1.29, 1.82) is 0 Å². The second-order valence-electron chi connectivity index (χ2n) is 6.78. The van der Waals surface area contributed by atoms with Crippen molar-refractivity contribution in [3.05, 3.63) is 58.7 Å². The fourth-order valence-electron chi connectivity index (χ4n) is 2.98. The van der Waals surface area contributed by atoms with Gasteiger partial charge in [0.15, 0.2) is 0 Å². The molecule has 1 N–H and O–H groups in total. The lowest BCUT2D eigenvalue weighted by atomic mass is 10.1. The number of hydrogen-bond acceptors (Lipinski definition) is 3. The Balaban J connectivity index is 2.43. The first-order chi connectivity index (χ1) is 12.0. The van der Waals surface area contributed by atoms with Crippen molar-refractivity contribution in [3.8, 4) is 0 Å². The van der Waals surface area contributed by atoms with Crippen LogP contribution in [0, 0.1) is 27.7 Å². The Kier molecular flexibility index (Phi) is 5.76. The van der Waals surface area contributed by atoms with Gasteiger partial charge in [0, 0.05) is 5.69 Å². The topological polar surface area (TPSA) is 66.5 Å². The van der Waals surface area contributed by atoms with E-state index >= 15 is 0 Å². The van der Waals surface area contributed by atoms with E-state index in [1.165, 1.54) is 4.31 Å². The van der Waals surface area contributed by atoms with Crippen molar-refractivity contribution in [2.24, 2.45) is 0 Å². The number of benzene rings is 2. The normalized spacial score (nSPS) is 12.5. The third kappa shape index (κ3) is 4.25. The molecule has 0 saturated carbocycles. The Hall–Kier alpha value is -2.34. The largest absolute Gasteiger partial charge is 0.324 e. The van der Waals surface area contributed by atoms with Crippen LogP contribution in [0.4, 0.5) is 11.4 Å². The summed E-state index contributed by atoms with van der Waals surface area (Å²) in [6.45, 7) is 9.15. The number of carbonyl (C=O) groups excluding carboxylic acids is 1. The fourth-order valence-corrected chi connectivity index (χ4v) is 4.20. The number of sulfonamides is 1. The molecule has 26 heavy (non-hydrogen) atoms. The number of amides is 1. The van der Waals surface area contributed by atoms with Gasteiger partial charge in [-0.1, -0.05) is 30.3 Å². The molecule has 1 amide bonds. The number of anilines is 2. The molecule has 0 aliphatic rings. The standard InChI is InChI=1S/C20H26N2O3S/c1-13-10-11-14(2)18(12-13)22(26(6,24)25)17(5)20(23)21-19-15(3)8-7-9-16(19)4/h7-12,17H,1-6H3,(H,21,23)/t17-/m1/s1. The van der Waals surface area contributed by atoms with Gasteiger partial charge in [-0.2, -0.15) is 0 Å². The molecule has 0 bridgehead atoms. The minimum absolute atomic E-state index is 0.367. The predicted molar refractivity (Wildman–Crippen MR) is 107 cm³/mol. The highest BCUT2D eigenvalue weighted by Gasteiger charge is 2.30. The summed E-state index contributed by atoms with van der Waals surface area (Å²) in [7, 11) is -3.64. The highest BCUT2D eigenvalue weighted by Crippen LogP contribution is 2.27. The summed E-state index contributed by atoms with van der Waals surface area (Å²) >= 11 is 0. The molecule has 0 heterocycles. The zero-order chi connectivity index (χ0) is 19.6. The van der Waals surface area contributed by atoms with Crippen molar-refractivity contribution >= 4 is 27.3 Å². The average molecular weight is 375 g/mol. The Labute approximate surface area is 156 Å². The molecule has 2 rings (SSSR count). The monoisotopic (exact) mass is 374 g/mol. The zero-order valence-electron chi connectivity index (χ0n) is 16.1. The quantitative estimate of drug-likeness (QED) is 0.867. The summed E-state index contributed by atoms with van der Waals surface area (Å²) in [6.07, 6.45) is 1.12. The number of para-hydroxylation sites is 1. The van der Waals surface area contributed by atoms with Crippen LogP contribution >= 0.6 is 0 Å². The van der Waals surface area contributed by atoms with Crippen LogP contribution in [-0.4, -0.2) is 26.6 Å². The minimum atomic E-state index is -3.64. The summed E-state index contributed by atoms with van der Waals surface area (Å²) < 4.78 is 26.1. The van der Waals surface area contributed by atoms with E-state index < -0.39 is 16.1 Å². The average Bonchev–Trinajstić information content (AvgIpc) is 2.53. The van der Waals surface area contributed by atoms with Crippen molar-refractivity contribution < 1.29 is 13.2 Å². The van der Waals surface area contributed by atoms with E-state index in [9.17, 15) is 13.2 Å². The maximum atomic E-state index is 12.9. The summed E-state index contributed by atoms with van der Waals surface area (Å²) in [5, 5.41) is 2.89. The fraction of sp³-hybridized carbons (Fsp3) is 0.350. The van der Waals surface area contributed by atoms with Crippen molar-refractivity contribution in [2.75, 3.05) is 15.9 Å². The number of hydrogen-bond donors (Lipinski definition) is 1. The molecule has 0 radical (unpaired) electrons. The van der Waals surface area contributed by atoms with Gasteiger partial charge in [-0.3, -0.25) is 9.10 Å². The van der Waals surface area contributed by atoms with Gasteiger partial charge in [0.25, 0.3) is 0 Å². The molecule has 1 atom stereocenters. The van der Waals surface area contributed by atoms with Gasteiger partial charge in [0.05, 0.1) is 11.9 Å². The highest BCUT2D eigenvalue weighted by molar-refractivity contribution is 7.92. The molecule has 2 aromatic carbocycles. The first-order valence-corrected chi connectivity index (χ1v) is 10.3. The van der Waals surface area contributed by atoms with E-state index in [-0.39, 0.29) is 5.91 Å². The molecule has 0 aromatic heterocycles. The van der Waals surface area contributed by atoms with Crippen LogP contribution in [0.25, 0.3) is 0 Å². The molecule has 0 aliphatic heterocycles. The lowest BCUT2D eigenvalue weighted by molar-refractivity contribution is -0.116. The lowest BCUT2D eigenvalue weighted by Gasteiger charge is -2.30. The van der Waals surface area contributed by atoms with Gasteiger partial charge in [-0.15, -0.1) is 0 Å². The molecule has 2 aromatic rings. The molecule has 140 valence electrons. The van der Waals surface area contributed by atoms with E-state index in [4.69, 9.17) is 0 Å². The molecule has 6 heteroatoms. The number of nitrogens with zero attached hydrogens (tertiary/aromatic N) is 1. The van der Waals surface area contributed by atoms with Gasteiger partial charge >= 0.3 is 0 Å². The molecule has 0 aliphatic carbocycles. The number of rotatable bonds is 5. The Morgan fingerprint density at radius 1 is 1.00 bits per heavy atom. The zero-order valence-corrected chi connectivity index (χ0v) is 16.9. The van der Waals surface area contributed by atoms with Crippen LogP contribution in [-0.2, 0) is 14.8 Å². The maximum Gasteiger partial charge on any atom is 0.248 e. The van der Waals surface area contributed by atoms with Crippen LogP contribution in [0.15, 0.2) is 36.4 Å². The second kappa shape index (κ2) is 7.50. The predicted octanol–water partition coefficient (Wildman–Crippen LogP) is 3.71. The molecule has 0 spiro atoms. The van der Waals surface area contributed by atoms with Gasteiger partial charge in [0.1, 0.15) is 6.04 Å². The Bertz CT molecular complexity index is 916. The SMILES string of the molecule is Cc1ccc(C)c(N([C@H](C)C(=O)Nc2c(C)cccc2C)S(C)(=O)=O)c1. The highest BCUT2D eigenvalue weighted by atomic mass is 32.2. The second-order valence-corrected chi connectivity index (χ2v) is 8.64. The van der Waals surface area contributed by atoms with E-state index in [1.807, 2.05) is 58.0 Å². The summed E-state index contributed by atoms with van der Waals surface area (Å²) in [6, 6.07) is 10.4. The molecular weight excluding hydrogens is 348 g/mol. The van der Waals surface area contributed by atoms with E-state index in [1.54, 1.807) is 13.0 Å². The van der Waals surface area contributed by atoms with E-state index in [2.05, 4.69) is 5.32 Å². The van der Waals surface area contributed by atoms with Crippen molar-refractivity contribution in [1.82, 2.24) is 0 Å². The molecule has 5 nitrogen and oxygen atoms in total. The first kappa shape index (κ1) is 20.0. The number of carbonyl (C=O) groups is 1. The Morgan fingerprint density at radius 3 is 2.12 bits per heavy atom. The van der Waals surface area contributed by atoms with Gasteiger partial charge in [-0.05, 0) is 62.9 Å². The third-order valence-corrected chi connectivity index (χ3v) is 5.65. The molecule has 0 fully saturated rings. The van der Waals surface area contributed by atoms with Crippen LogP contribution in [0.3, 0.4) is 0 Å². The number of aryl methyl sites for hydroxylation is 4. The van der Waals surface area contributed by atoms with Crippen LogP contribution in [0.5, 0.6) is 0 Å². The van der Waals surface area contributed by atoms with E-state index in [0.717, 1.165) is 34.2 Å².